The van der Waals surface area contributed by atoms with Gasteiger partial charge >= 0.3 is 0 Å². The van der Waals surface area contributed by atoms with Gasteiger partial charge in [0.25, 0.3) is 0 Å². The van der Waals surface area contributed by atoms with E-state index in [4.69, 9.17) is 23.8 Å². The van der Waals surface area contributed by atoms with E-state index in [1.807, 2.05) is 78.9 Å². The van der Waals surface area contributed by atoms with Crippen LogP contribution < -0.4 is 0 Å². The minimum absolute atomic E-state index is 0.584. The van der Waals surface area contributed by atoms with Crippen molar-refractivity contribution in [3.63, 3.8) is 0 Å². The summed E-state index contributed by atoms with van der Waals surface area (Å²) in [5, 5.41) is 6.18. The van der Waals surface area contributed by atoms with Crippen molar-refractivity contribution < 1.29 is 8.83 Å². The maximum absolute atomic E-state index is 6.31. The van der Waals surface area contributed by atoms with E-state index in [0.717, 1.165) is 76.9 Å². The number of rotatable bonds is 4. The van der Waals surface area contributed by atoms with Crippen LogP contribution in [0.4, 0.5) is 0 Å². The van der Waals surface area contributed by atoms with Crippen molar-refractivity contribution in [2.45, 2.75) is 0 Å². The Bertz CT molecular complexity index is 2850. The van der Waals surface area contributed by atoms with Gasteiger partial charge in [0, 0.05) is 49.8 Å². The van der Waals surface area contributed by atoms with Crippen molar-refractivity contribution in [1.82, 2.24) is 19.9 Å². The molecule has 10 aromatic rings. The normalized spacial score (nSPS) is 11.8. The lowest BCUT2D eigenvalue weighted by molar-refractivity contribution is 0.657. The highest BCUT2D eigenvalue weighted by Gasteiger charge is 2.20. The molecule has 0 aliphatic rings. The average molecular weight is 617 g/mol. The van der Waals surface area contributed by atoms with E-state index in [-0.39, 0.29) is 0 Å². The molecule has 0 unspecified atom stereocenters. The van der Waals surface area contributed by atoms with Gasteiger partial charge in [-0.15, -0.1) is 0 Å². The van der Waals surface area contributed by atoms with E-state index < -0.39 is 0 Å². The van der Waals surface area contributed by atoms with Crippen LogP contribution >= 0.6 is 0 Å². The first-order valence-electron chi connectivity index (χ1n) is 15.8. The summed E-state index contributed by atoms with van der Waals surface area (Å²) >= 11 is 0. The molecule has 0 saturated carbocycles. The van der Waals surface area contributed by atoms with Crippen molar-refractivity contribution in [1.29, 1.82) is 0 Å². The molecule has 0 atom stereocenters. The van der Waals surface area contributed by atoms with Crippen LogP contribution in [-0.2, 0) is 0 Å². The molecule has 6 nitrogen and oxygen atoms in total. The second-order valence-corrected chi connectivity index (χ2v) is 11.8. The largest absolute Gasteiger partial charge is 0.456 e. The summed E-state index contributed by atoms with van der Waals surface area (Å²) in [6, 6.07) is 47.1. The fourth-order valence-electron chi connectivity index (χ4n) is 6.78. The van der Waals surface area contributed by atoms with Gasteiger partial charge in [-0.25, -0.2) is 19.9 Å². The standard InChI is InChI=1S/C42H24N4O2/c1-2-10-26(11-3-1)39-44-40(46-41(45-39)33-15-8-18-36-37(33)32-14-6-7-17-35(32)47-36)30-13-5-4-12-28(30)27-20-19-25-21-22-29-31-16-9-23-43-42(31)48-38(29)34(25)24-27/h1-24H. The van der Waals surface area contributed by atoms with Gasteiger partial charge in [0.2, 0.25) is 5.71 Å². The summed E-state index contributed by atoms with van der Waals surface area (Å²) in [5.74, 6) is 1.77. The number of para-hydroxylation sites is 1. The first-order chi connectivity index (χ1) is 23.8. The summed E-state index contributed by atoms with van der Waals surface area (Å²) in [5.41, 5.74) is 7.83. The minimum Gasteiger partial charge on any atom is -0.456 e. The molecule has 6 heteroatoms. The Morgan fingerprint density at radius 3 is 2.04 bits per heavy atom. The minimum atomic E-state index is 0.584. The quantitative estimate of drug-likeness (QED) is 0.196. The average Bonchev–Trinajstić information content (AvgIpc) is 3.74. The molecule has 0 aliphatic heterocycles. The van der Waals surface area contributed by atoms with E-state index in [1.54, 1.807) is 6.20 Å². The smallest absolute Gasteiger partial charge is 0.227 e. The van der Waals surface area contributed by atoms with Crippen molar-refractivity contribution >= 4 is 54.8 Å². The Morgan fingerprint density at radius 2 is 1.12 bits per heavy atom. The topological polar surface area (TPSA) is 77.8 Å². The predicted molar refractivity (Wildman–Crippen MR) is 191 cm³/mol. The molecule has 4 heterocycles. The molecule has 0 N–H and O–H groups in total. The van der Waals surface area contributed by atoms with Gasteiger partial charge in [0.1, 0.15) is 16.7 Å². The summed E-state index contributed by atoms with van der Waals surface area (Å²) in [6.07, 6.45) is 1.76. The van der Waals surface area contributed by atoms with Gasteiger partial charge < -0.3 is 8.83 Å². The van der Waals surface area contributed by atoms with E-state index in [1.165, 1.54) is 0 Å². The lowest BCUT2D eigenvalue weighted by Gasteiger charge is -2.13. The molecular formula is C42H24N4O2. The molecule has 0 bridgehead atoms. The molecule has 48 heavy (non-hydrogen) atoms. The summed E-state index contributed by atoms with van der Waals surface area (Å²) in [4.78, 5) is 19.8. The summed E-state index contributed by atoms with van der Waals surface area (Å²) in [7, 11) is 0. The van der Waals surface area contributed by atoms with Crippen molar-refractivity contribution in [3.8, 4) is 45.3 Å². The number of nitrogens with zero attached hydrogens (tertiary/aromatic N) is 4. The van der Waals surface area contributed by atoms with Crippen LogP contribution in [0.3, 0.4) is 0 Å². The van der Waals surface area contributed by atoms with Gasteiger partial charge in [-0.3, -0.25) is 0 Å². The fourth-order valence-corrected chi connectivity index (χ4v) is 6.78. The molecule has 6 aromatic carbocycles. The lowest BCUT2D eigenvalue weighted by atomic mass is 9.96. The van der Waals surface area contributed by atoms with Crippen LogP contribution in [0.2, 0.25) is 0 Å². The van der Waals surface area contributed by atoms with Crippen LogP contribution in [0.25, 0.3) is 100 Å². The van der Waals surface area contributed by atoms with Crippen LogP contribution in [0.1, 0.15) is 0 Å². The third kappa shape index (κ3) is 4.13. The summed E-state index contributed by atoms with van der Waals surface area (Å²) < 4.78 is 12.5. The molecule has 10 rings (SSSR count). The third-order valence-electron chi connectivity index (χ3n) is 9.02. The van der Waals surface area contributed by atoms with Crippen LogP contribution in [-0.4, -0.2) is 19.9 Å². The molecule has 4 aromatic heterocycles. The van der Waals surface area contributed by atoms with Gasteiger partial charge in [0.15, 0.2) is 17.5 Å². The Hall–Kier alpha value is -6.66. The monoisotopic (exact) mass is 616 g/mol. The zero-order chi connectivity index (χ0) is 31.6. The zero-order valence-corrected chi connectivity index (χ0v) is 25.5. The Balaban J connectivity index is 1.21. The van der Waals surface area contributed by atoms with Crippen molar-refractivity contribution in [3.05, 3.63) is 146 Å². The molecular weight excluding hydrogens is 592 g/mol. The highest BCUT2D eigenvalue weighted by Crippen LogP contribution is 2.39. The maximum Gasteiger partial charge on any atom is 0.227 e. The van der Waals surface area contributed by atoms with Crippen LogP contribution in [0.5, 0.6) is 0 Å². The number of furan rings is 2. The highest BCUT2D eigenvalue weighted by atomic mass is 16.3. The summed E-state index contributed by atoms with van der Waals surface area (Å²) in [6.45, 7) is 0. The van der Waals surface area contributed by atoms with Gasteiger partial charge in [-0.05, 0) is 52.9 Å². The number of aromatic nitrogens is 4. The molecule has 0 fully saturated rings. The van der Waals surface area contributed by atoms with Gasteiger partial charge in [-0.1, -0.05) is 103 Å². The Labute approximate surface area is 274 Å². The lowest BCUT2D eigenvalue weighted by Crippen LogP contribution is -2.01. The molecule has 224 valence electrons. The predicted octanol–water partition coefficient (Wildman–Crippen LogP) is 10.9. The Morgan fingerprint density at radius 1 is 0.417 bits per heavy atom. The fraction of sp³-hybridized carbons (Fsp3) is 0. The van der Waals surface area contributed by atoms with Crippen molar-refractivity contribution in [2.75, 3.05) is 0 Å². The maximum atomic E-state index is 6.31. The van der Waals surface area contributed by atoms with E-state index >= 15 is 0 Å². The molecule has 0 spiro atoms. The van der Waals surface area contributed by atoms with Gasteiger partial charge in [0.05, 0.1) is 0 Å². The van der Waals surface area contributed by atoms with Crippen LogP contribution in [0.15, 0.2) is 155 Å². The molecule has 0 amide bonds. The number of benzene rings is 6. The first-order valence-corrected chi connectivity index (χ1v) is 15.8. The number of pyridine rings is 1. The van der Waals surface area contributed by atoms with E-state index in [2.05, 4.69) is 65.6 Å². The SMILES string of the molecule is c1ccc(-c2nc(-c3ccccc3-c3ccc4ccc5c6cccnc6oc5c4c3)nc(-c3cccc4oc5ccccc5c34)n2)cc1. The van der Waals surface area contributed by atoms with E-state index in [0.29, 0.717) is 23.2 Å². The van der Waals surface area contributed by atoms with Crippen molar-refractivity contribution in [2.24, 2.45) is 0 Å². The van der Waals surface area contributed by atoms with E-state index in [9.17, 15) is 0 Å². The molecule has 0 radical (unpaired) electrons. The number of fused-ring (bicyclic) bond motifs is 8. The second kappa shape index (κ2) is 10.4. The van der Waals surface area contributed by atoms with Crippen LogP contribution in [0, 0.1) is 0 Å². The highest BCUT2D eigenvalue weighted by molar-refractivity contribution is 6.15. The second-order valence-electron chi connectivity index (χ2n) is 11.8. The first kappa shape index (κ1) is 26.5. The number of hydrogen-bond donors (Lipinski definition) is 0. The molecule has 0 saturated heterocycles. The number of hydrogen-bond acceptors (Lipinski definition) is 6. The zero-order valence-electron chi connectivity index (χ0n) is 25.5. The molecule has 0 aliphatic carbocycles. The Kier molecular flexibility index (Phi) is 5.77. The third-order valence-corrected chi connectivity index (χ3v) is 9.02. The van der Waals surface area contributed by atoms with Gasteiger partial charge in [-0.2, -0.15) is 0 Å².